The second-order valence-electron chi connectivity index (χ2n) is 6.63. The summed E-state index contributed by atoms with van der Waals surface area (Å²) in [6, 6.07) is 20.2. The third kappa shape index (κ3) is 3.63. The summed E-state index contributed by atoms with van der Waals surface area (Å²) in [5.41, 5.74) is 8.48. The molecule has 0 atom stereocenters. The predicted octanol–water partition coefficient (Wildman–Crippen LogP) is -0.721. The Hall–Kier alpha value is -0.437. The molecule has 0 aromatic heterocycles. The van der Waals surface area contributed by atoms with Crippen LogP contribution in [0.25, 0.3) is 17.2 Å². The number of halogens is 3. The Labute approximate surface area is 191 Å². The fraction of sp³-hybridized carbons (Fsp3) is 0.0909. The molecule has 2 aliphatic rings. The molecule has 5 heteroatoms. The molecule has 0 amide bonds. The van der Waals surface area contributed by atoms with E-state index in [1.807, 2.05) is 0 Å². The van der Waals surface area contributed by atoms with Crippen LogP contribution in [0, 0.1) is 0 Å². The fourth-order valence-corrected chi connectivity index (χ4v) is 10.0. The molecular formula is C22H15BrCl2SZr. The van der Waals surface area contributed by atoms with Gasteiger partial charge in [0, 0.05) is 0 Å². The van der Waals surface area contributed by atoms with Crippen molar-refractivity contribution in [2.45, 2.75) is 12.8 Å². The minimum absolute atomic E-state index is 0. The van der Waals surface area contributed by atoms with Crippen LogP contribution in [0.1, 0.15) is 22.3 Å². The van der Waals surface area contributed by atoms with Crippen LogP contribution in [0.15, 0.2) is 65.1 Å². The summed E-state index contributed by atoms with van der Waals surface area (Å²) in [5.74, 6) is 0. The summed E-state index contributed by atoms with van der Waals surface area (Å²) in [4.78, 5) is 0. The average Bonchev–Trinajstić information content (AvgIpc) is 3.26. The first-order valence-electron chi connectivity index (χ1n) is 8.46. The molecule has 134 valence electrons. The zero-order chi connectivity index (χ0) is 17.0. The molecule has 0 fully saturated rings. The van der Waals surface area contributed by atoms with Gasteiger partial charge in [0.25, 0.3) is 0 Å². The Bertz CT molecular complexity index is 1090. The Morgan fingerprint density at radius 3 is 2.52 bits per heavy atom. The molecule has 0 aliphatic heterocycles. The molecule has 0 heterocycles. The number of allylic oxidation sites excluding steroid dienone is 1. The summed E-state index contributed by atoms with van der Waals surface area (Å²) >= 11 is 1.41. The van der Waals surface area contributed by atoms with Gasteiger partial charge in [0.05, 0.1) is 0 Å². The van der Waals surface area contributed by atoms with Gasteiger partial charge in [-0.2, -0.15) is 0 Å². The molecule has 0 saturated carbocycles. The molecule has 0 bridgehead atoms. The maximum atomic E-state index is 6.17. The van der Waals surface area contributed by atoms with Crippen molar-refractivity contribution < 1.29 is 44.5 Å². The fourth-order valence-electron chi connectivity index (χ4n) is 3.95. The molecule has 0 N–H and O–H groups in total. The van der Waals surface area contributed by atoms with Crippen molar-refractivity contribution in [1.82, 2.24) is 0 Å². The van der Waals surface area contributed by atoms with E-state index in [9.17, 15) is 0 Å². The summed E-state index contributed by atoms with van der Waals surface area (Å²) in [6.07, 6.45) is 6.60. The van der Waals surface area contributed by atoms with Crippen LogP contribution in [-0.2, 0) is 32.6 Å². The molecule has 5 rings (SSSR count). The number of fused-ring (bicyclic) bond motifs is 4. The van der Waals surface area contributed by atoms with Crippen LogP contribution in [0.3, 0.4) is 0 Å². The van der Waals surface area contributed by atoms with Crippen molar-refractivity contribution in [3.63, 3.8) is 0 Å². The van der Waals surface area contributed by atoms with E-state index in [1.54, 1.807) is 0 Å². The van der Waals surface area contributed by atoms with E-state index in [4.69, 9.17) is 8.86 Å². The molecule has 3 aromatic carbocycles. The van der Waals surface area contributed by atoms with E-state index < -0.39 is 19.7 Å². The second-order valence-corrected chi connectivity index (χ2v) is 14.3. The standard InChI is InChI=1S/C13H9.C9H6Br.2ClH.S.Zr/c1-3-7-12-10(5-1)9-11-6-2-4-8-13(11)12;10-9-6-2-4-7-3-1-5-8(7)9;;;;/h1-3,5-8H,9H2;1-3,6H,5H2;2*1H;;/q;;;;;+2/p-2. The van der Waals surface area contributed by atoms with E-state index >= 15 is 0 Å². The van der Waals surface area contributed by atoms with Crippen LogP contribution in [0.2, 0.25) is 0 Å². The van der Waals surface area contributed by atoms with Gasteiger partial charge in [0.1, 0.15) is 0 Å². The quantitative estimate of drug-likeness (QED) is 0.316. The number of hydrogen-bond acceptors (Lipinski definition) is 1. The van der Waals surface area contributed by atoms with Gasteiger partial charge in [-0.25, -0.2) is 0 Å². The predicted molar refractivity (Wildman–Crippen MR) is 108 cm³/mol. The van der Waals surface area contributed by atoms with Crippen LogP contribution in [0.5, 0.6) is 0 Å². The van der Waals surface area contributed by atoms with Gasteiger partial charge in [0.2, 0.25) is 0 Å². The third-order valence-corrected chi connectivity index (χ3v) is 13.0. The van der Waals surface area contributed by atoms with Gasteiger partial charge in [-0.05, 0) is 0 Å². The van der Waals surface area contributed by atoms with Crippen LogP contribution in [-0.4, -0.2) is 0 Å². The molecule has 0 unspecified atom stereocenters. The zero-order valence-corrected chi connectivity index (χ0v) is 20.7. The van der Waals surface area contributed by atoms with Crippen LogP contribution in [0.4, 0.5) is 0 Å². The van der Waals surface area contributed by atoms with Gasteiger partial charge in [-0.1, -0.05) is 0 Å². The molecule has 3 aromatic rings. The molecule has 2 aliphatic carbocycles. The van der Waals surface area contributed by atoms with Gasteiger partial charge in [-0.15, -0.1) is 0 Å². The van der Waals surface area contributed by atoms with E-state index in [0.29, 0.717) is 0 Å². The first-order chi connectivity index (χ1) is 12.2. The van der Waals surface area contributed by atoms with E-state index in [2.05, 4.69) is 82.7 Å². The van der Waals surface area contributed by atoms with E-state index in [-0.39, 0.29) is 24.8 Å². The summed E-state index contributed by atoms with van der Waals surface area (Å²) < 4.78 is 4.07. The van der Waals surface area contributed by atoms with Crippen molar-refractivity contribution in [3.8, 4) is 11.1 Å². The van der Waals surface area contributed by atoms with E-state index in [0.717, 1.165) is 12.8 Å². The first-order valence-corrected chi connectivity index (χ1v) is 15.1. The number of rotatable bonds is 2. The topological polar surface area (TPSA) is 0 Å². The minimum atomic E-state index is -2.29. The van der Waals surface area contributed by atoms with E-state index in [1.165, 1.54) is 44.4 Å². The average molecular weight is 553 g/mol. The van der Waals surface area contributed by atoms with Gasteiger partial charge >= 0.3 is 168 Å². The Kier molecular flexibility index (Phi) is 6.71. The molecule has 0 nitrogen and oxygen atoms in total. The normalized spacial score (nSPS) is 12.1. The van der Waals surface area contributed by atoms with Gasteiger partial charge in [0.15, 0.2) is 0 Å². The van der Waals surface area contributed by atoms with Crippen molar-refractivity contribution in [2.75, 3.05) is 0 Å². The second kappa shape index (κ2) is 8.51. The number of hydrogen-bond donors (Lipinski definition) is 0. The SMILES string of the molecule is [Cl-].[Cl-].[S]=[Zr+2]([c]1ccc2c(c1)-c1ccccc1C2)[c]1ccc(Br)c2c1C=CC2. The summed E-state index contributed by atoms with van der Waals surface area (Å²) in [5, 5.41) is 0. The first kappa shape index (κ1) is 21.3. The van der Waals surface area contributed by atoms with Crippen molar-refractivity contribution in [1.29, 1.82) is 0 Å². The van der Waals surface area contributed by atoms with Crippen molar-refractivity contribution in [2.24, 2.45) is 0 Å². The molecule has 0 spiro atoms. The monoisotopic (exact) mass is 550 g/mol. The molecule has 0 saturated heterocycles. The summed E-state index contributed by atoms with van der Waals surface area (Å²) in [6.45, 7) is 0. The number of benzene rings is 3. The zero-order valence-electron chi connectivity index (χ0n) is 14.3. The Morgan fingerprint density at radius 2 is 1.67 bits per heavy atom. The molecule has 0 radical (unpaired) electrons. The van der Waals surface area contributed by atoms with Crippen molar-refractivity contribution >= 4 is 37.4 Å². The van der Waals surface area contributed by atoms with Gasteiger partial charge < -0.3 is 24.8 Å². The van der Waals surface area contributed by atoms with Crippen LogP contribution >= 0.6 is 24.8 Å². The molecule has 27 heavy (non-hydrogen) atoms. The Balaban J connectivity index is 0.00000105. The molecular weight excluding hydrogens is 538 g/mol. The third-order valence-electron chi connectivity index (χ3n) is 5.21. The van der Waals surface area contributed by atoms with Crippen molar-refractivity contribution in [3.05, 3.63) is 87.4 Å². The van der Waals surface area contributed by atoms with Gasteiger partial charge in [-0.3, -0.25) is 0 Å². The Morgan fingerprint density at radius 1 is 0.889 bits per heavy atom. The van der Waals surface area contributed by atoms with Crippen LogP contribution < -0.4 is 31.4 Å². The summed E-state index contributed by atoms with van der Waals surface area (Å²) in [7, 11) is 6.17. The maximum absolute atomic E-state index is 6.17.